The maximum atomic E-state index is 13.1. The molecule has 0 N–H and O–H groups in total. The van der Waals surface area contributed by atoms with Crippen molar-refractivity contribution in [1.29, 1.82) is 0 Å². The number of morpholine rings is 1. The van der Waals surface area contributed by atoms with Crippen molar-refractivity contribution in [3.63, 3.8) is 0 Å². The molecule has 2 aromatic carbocycles. The van der Waals surface area contributed by atoms with Crippen LogP contribution in [0.15, 0.2) is 59.8 Å². The number of anilines is 2. The third-order valence-corrected chi connectivity index (χ3v) is 6.86. The van der Waals surface area contributed by atoms with Crippen LogP contribution in [0.4, 0.5) is 11.6 Å². The van der Waals surface area contributed by atoms with E-state index in [9.17, 15) is 4.79 Å². The van der Waals surface area contributed by atoms with Crippen LogP contribution in [0.5, 0.6) is 0 Å². The summed E-state index contributed by atoms with van der Waals surface area (Å²) < 4.78 is 7.63. The standard InChI is InChI=1S/C24H27N5O2S/c30-22(28-12-6-10-20-9-4-5-11-21(20)28)18-32-24-26-25-23(27-13-15-31-16-14-27)29(24)17-19-7-2-1-3-8-19/h1-5,7-9,11H,6,10,12-18H2. The number of carbonyl (C=O) groups excluding carboxylic acids is 1. The molecule has 7 nitrogen and oxygen atoms in total. The molecule has 32 heavy (non-hydrogen) atoms. The van der Waals surface area contributed by atoms with Crippen LogP contribution in [-0.4, -0.2) is 59.3 Å². The van der Waals surface area contributed by atoms with E-state index in [0.717, 1.165) is 49.3 Å². The smallest absolute Gasteiger partial charge is 0.237 e. The number of ether oxygens (including phenoxy) is 1. The number of amides is 1. The molecule has 3 aromatic rings. The molecule has 1 aromatic heterocycles. The molecule has 0 spiro atoms. The van der Waals surface area contributed by atoms with Crippen molar-refractivity contribution in [2.45, 2.75) is 24.5 Å². The maximum absolute atomic E-state index is 13.1. The summed E-state index contributed by atoms with van der Waals surface area (Å²) in [5.41, 5.74) is 3.48. The summed E-state index contributed by atoms with van der Waals surface area (Å²) in [6, 6.07) is 18.5. The van der Waals surface area contributed by atoms with Gasteiger partial charge in [0.15, 0.2) is 5.16 Å². The summed E-state index contributed by atoms with van der Waals surface area (Å²) in [5, 5.41) is 9.74. The topological polar surface area (TPSA) is 63.5 Å². The van der Waals surface area contributed by atoms with Crippen LogP contribution < -0.4 is 9.80 Å². The summed E-state index contributed by atoms with van der Waals surface area (Å²) in [6.45, 7) is 4.40. The van der Waals surface area contributed by atoms with Crippen molar-refractivity contribution in [2.24, 2.45) is 0 Å². The molecule has 8 heteroatoms. The lowest BCUT2D eigenvalue weighted by molar-refractivity contribution is -0.116. The van der Waals surface area contributed by atoms with E-state index in [4.69, 9.17) is 4.74 Å². The molecule has 0 radical (unpaired) electrons. The maximum Gasteiger partial charge on any atom is 0.237 e. The van der Waals surface area contributed by atoms with Crippen LogP contribution in [-0.2, 0) is 22.5 Å². The Labute approximate surface area is 192 Å². The molecule has 0 aliphatic carbocycles. The number of rotatable bonds is 6. The van der Waals surface area contributed by atoms with Crippen molar-refractivity contribution in [2.75, 3.05) is 48.4 Å². The second kappa shape index (κ2) is 9.75. The molecule has 1 amide bonds. The van der Waals surface area contributed by atoms with Gasteiger partial charge in [-0.05, 0) is 30.0 Å². The van der Waals surface area contributed by atoms with Crippen molar-refractivity contribution < 1.29 is 9.53 Å². The lowest BCUT2D eigenvalue weighted by atomic mass is 10.0. The Morgan fingerprint density at radius 3 is 2.59 bits per heavy atom. The van der Waals surface area contributed by atoms with Crippen molar-refractivity contribution in [3.8, 4) is 0 Å². The normalized spacial score (nSPS) is 16.1. The highest BCUT2D eigenvalue weighted by Gasteiger charge is 2.25. The van der Waals surface area contributed by atoms with Gasteiger partial charge in [0.25, 0.3) is 0 Å². The first-order chi connectivity index (χ1) is 15.8. The summed E-state index contributed by atoms with van der Waals surface area (Å²) in [6.07, 6.45) is 2.03. The zero-order valence-corrected chi connectivity index (χ0v) is 18.8. The molecule has 2 aliphatic rings. The fraction of sp³-hybridized carbons (Fsp3) is 0.375. The van der Waals surface area contributed by atoms with Gasteiger partial charge in [-0.15, -0.1) is 10.2 Å². The van der Waals surface area contributed by atoms with Gasteiger partial charge in [-0.25, -0.2) is 0 Å². The molecule has 0 atom stereocenters. The number of benzene rings is 2. The first-order valence-electron chi connectivity index (χ1n) is 11.1. The summed E-state index contributed by atoms with van der Waals surface area (Å²) in [4.78, 5) is 17.3. The Morgan fingerprint density at radius 2 is 1.75 bits per heavy atom. The van der Waals surface area contributed by atoms with Gasteiger partial charge >= 0.3 is 0 Å². The van der Waals surface area contributed by atoms with Gasteiger partial charge in [0, 0.05) is 25.3 Å². The second-order valence-electron chi connectivity index (χ2n) is 8.02. The quantitative estimate of drug-likeness (QED) is 0.539. The Balaban J connectivity index is 1.35. The molecule has 0 saturated carbocycles. The molecule has 5 rings (SSSR count). The van der Waals surface area contributed by atoms with E-state index in [2.05, 4.69) is 37.9 Å². The molecular formula is C24H27N5O2S. The third-order valence-electron chi connectivity index (χ3n) is 5.91. The predicted octanol–water partition coefficient (Wildman–Crippen LogP) is 3.23. The van der Waals surface area contributed by atoms with E-state index in [1.807, 2.05) is 41.3 Å². The highest BCUT2D eigenvalue weighted by molar-refractivity contribution is 7.99. The zero-order valence-electron chi connectivity index (χ0n) is 18.0. The van der Waals surface area contributed by atoms with Gasteiger partial charge in [0.05, 0.1) is 25.5 Å². The summed E-state index contributed by atoms with van der Waals surface area (Å²) in [7, 11) is 0. The zero-order chi connectivity index (χ0) is 21.8. The Morgan fingerprint density at radius 1 is 0.969 bits per heavy atom. The Kier molecular flexibility index (Phi) is 6.41. The van der Waals surface area contributed by atoms with Crippen LogP contribution in [0.25, 0.3) is 0 Å². The van der Waals surface area contributed by atoms with E-state index < -0.39 is 0 Å². The van der Waals surface area contributed by atoms with E-state index in [-0.39, 0.29) is 5.91 Å². The van der Waals surface area contributed by atoms with Gasteiger partial charge in [-0.1, -0.05) is 60.3 Å². The lowest BCUT2D eigenvalue weighted by Crippen LogP contribution is -2.38. The summed E-state index contributed by atoms with van der Waals surface area (Å²) in [5.74, 6) is 1.30. The number of hydrogen-bond acceptors (Lipinski definition) is 6. The first-order valence-corrected chi connectivity index (χ1v) is 12.1. The van der Waals surface area contributed by atoms with Crippen LogP contribution in [0, 0.1) is 0 Å². The Bertz CT molecular complexity index is 1070. The van der Waals surface area contributed by atoms with Gasteiger partial charge in [-0.3, -0.25) is 9.36 Å². The number of carbonyl (C=O) groups is 1. The van der Waals surface area contributed by atoms with E-state index in [0.29, 0.717) is 25.5 Å². The third kappa shape index (κ3) is 4.52. The number of fused-ring (bicyclic) bond motifs is 1. The van der Waals surface area contributed by atoms with E-state index >= 15 is 0 Å². The van der Waals surface area contributed by atoms with E-state index in [1.165, 1.54) is 22.9 Å². The average Bonchev–Trinajstić information content (AvgIpc) is 3.25. The molecule has 1 saturated heterocycles. The number of aryl methyl sites for hydroxylation is 1. The molecule has 166 valence electrons. The van der Waals surface area contributed by atoms with Crippen molar-refractivity contribution in [3.05, 3.63) is 65.7 Å². The highest BCUT2D eigenvalue weighted by Crippen LogP contribution is 2.29. The Hall–Kier alpha value is -2.84. The monoisotopic (exact) mass is 449 g/mol. The fourth-order valence-electron chi connectivity index (χ4n) is 4.29. The minimum Gasteiger partial charge on any atom is -0.378 e. The van der Waals surface area contributed by atoms with Crippen LogP contribution in [0.3, 0.4) is 0 Å². The number of para-hydroxylation sites is 1. The van der Waals surface area contributed by atoms with Gasteiger partial charge in [0.1, 0.15) is 0 Å². The average molecular weight is 450 g/mol. The predicted molar refractivity (Wildman–Crippen MR) is 126 cm³/mol. The molecule has 0 unspecified atom stereocenters. The molecule has 0 bridgehead atoms. The number of aromatic nitrogens is 3. The molecule has 3 heterocycles. The SMILES string of the molecule is O=C(CSc1nnc(N2CCOCC2)n1Cc1ccccc1)N1CCCc2ccccc21. The second-order valence-corrected chi connectivity index (χ2v) is 8.96. The van der Waals surface area contributed by atoms with Crippen LogP contribution in [0.2, 0.25) is 0 Å². The molecule has 2 aliphatic heterocycles. The molecular weight excluding hydrogens is 422 g/mol. The number of hydrogen-bond donors (Lipinski definition) is 0. The van der Waals surface area contributed by atoms with E-state index in [1.54, 1.807) is 0 Å². The largest absolute Gasteiger partial charge is 0.378 e. The minimum atomic E-state index is 0.115. The van der Waals surface area contributed by atoms with Crippen molar-refractivity contribution >= 4 is 29.3 Å². The van der Waals surface area contributed by atoms with Crippen LogP contribution in [0.1, 0.15) is 17.5 Å². The fourth-order valence-corrected chi connectivity index (χ4v) is 5.10. The highest BCUT2D eigenvalue weighted by atomic mass is 32.2. The number of nitrogens with zero attached hydrogens (tertiary/aromatic N) is 5. The number of thioether (sulfide) groups is 1. The van der Waals surface area contributed by atoms with Gasteiger partial charge < -0.3 is 14.5 Å². The summed E-state index contributed by atoms with van der Waals surface area (Å²) >= 11 is 1.47. The van der Waals surface area contributed by atoms with Gasteiger partial charge in [-0.2, -0.15) is 0 Å². The lowest BCUT2D eigenvalue weighted by Gasteiger charge is -2.29. The minimum absolute atomic E-state index is 0.115. The molecule has 1 fully saturated rings. The van der Waals surface area contributed by atoms with Crippen LogP contribution >= 0.6 is 11.8 Å². The first kappa shape index (κ1) is 21.0. The van der Waals surface area contributed by atoms with Gasteiger partial charge in [0.2, 0.25) is 11.9 Å². The van der Waals surface area contributed by atoms with Crippen molar-refractivity contribution in [1.82, 2.24) is 14.8 Å².